The summed E-state index contributed by atoms with van der Waals surface area (Å²) < 4.78 is 7.24. The molecule has 0 unspecified atom stereocenters. The van der Waals surface area contributed by atoms with Crippen LogP contribution in [0.15, 0.2) is 47.5 Å². The minimum atomic E-state index is -0.0944. The molecule has 26 heavy (non-hydrogen) atoms. The van der Waals surface area contributed by atoms with Gasteiger partial charge in [0.05, 0.1) is 12.8 Å². The predicted molar refractivity (Wildman–Crippen MR) is 95.5 cm³/mol. The number of rotatable bonds is 4. The summed E-state index contributed by atoms with van der Waals surface area (Å²) in [4.78, 5) is 20.7. The molecule has 0 aliphatic heterocycles. The zero-order chi connectivity index (χ0) is 17.7. The van der Waals surface area contributed by atoms with E-state index in [1.165, 1.54) is 6.39 Å². The number of aliphatic hydroxyl groups is 1. The lowest BCUT2D eigenvalue weighted by atomic mass is 10.00. The summed E-state index contributed by atoms with van der Waals surface area (Å²) in [5.41, 5.74) is 4.60. The van der Waals surface area contributed by atoms with Crippen LogP contribution >= 0.6 is 0 Å². The summed E-state index contributed by atoms with van der Waals surface area (Å²) in [6, 6.07) is 7.44. The van der Waals surface area contributed by atoms with E-state index in [1.54, 1.807) is 12.3 Å². The molecule has 0 atom stereocenters. The first kappa shape index (κ1) is 15.1. The van der Waals surface area contributed by atoms with Crippen LogP contribution in [0.1, 0.15) is 18.4 Å². The second kappa shape index (κ2) is 5.67. The van der Waals surface area contributed by atoms with Gasteiger partial charge in [0.2, 0.25) is 5.91 Å². The van der Waals surface area contributed by atoms with Gasteiger partial charge in [-0.2, -0.15) is 0 Å². The molecule has 1 fully saturated rings. The highest BCUT2D eigenvalue weighted by atomic mass is 16.3. The normalized spacial score (nSPS) is 14.2. The molecule has 0 spiro atoms. The lowest BCUT2D eigenvalue weighted by Crippen LogP contribution is -2.13. The zero-order valence-corrected chi connectivity index (χ0v) is 13.8. The molecule has 3 heterocycles. The molecule has 0 bridgehead atoms. The number of fused-ring (bicyclic) bond motifs is 2. The first-order valence-electron chi connectivity index (χ1n) is 8.49. The van der Waals surface area contributed by atoms with Crippen LogP contribution in [0.4, 0.5) is 5.82 Å². The van der Waals surface area contributed by atoms with Gasteiger partial charge in [-0.1, -0.05) is 6.07 Å². The van der Waals surface area contributed by atoms with Gasteiger partial charge in [-0.15, -0.1) is 0 Å². The van der Waals surface area contributed by atoms with Crippen LogP contribution in [0.3, 0.4) is 0 Å². The Morgan fingerprint density at radius 2 is 2.15 bits per heavy atom. The number of imidazole rings is 1. The van der Waals surface area contributed by atoms with Crippen molar-refractivity contribution in [1.29, 1.82) is 0 Å². The van der Waals surface area contributed by atoms with Crippen molar-refractivity contribution in [1.82, 2.24) is 14.4 Å². The Kier molecular flexibility index (Phi) is 3.29. The third-order valence-corrected chi connectivity index (χ3v) is 4.70. The van der Waals surface area contributed by atoms with Gasteiger partial charge in [-0.3, -0.25) is 4.79 Å². The van der Waals surface area contributed by atoms with Crippen LogP contribution in [0.2, 0.25) is 0 Å². The van der Waals surface area contributed by atoms with Crippen molar-refractivity contribution < 1.29 is 14.3 Å². The Bertz CT molecular complexity index is 1140. The Morgan fingerprint density at radius 1 is 1.27 bits per heavy atom. The van der Waals surface area contributed by atoms with E-state index in [0.717, 1.165) is 35.2 Å². The lowest BCUT2D eigenvalue weighted by molar-refractivity contribution is -0.117. The van der Waals surface area contributed by atoms with Gasteiger partial charge in [0.25, 0.3) is 0 Å². The molecule has 1 aromatic carbocycles. The molecule has 1 amide bonds. The minimum absolute atomic E-state index is 0.0311. The standard InChI is InChI=1S/C19H16N4O3/c24-9-13-3-5-14-18(20-10-26-14)17(13)12-4-6-16-21-15(8-23(16)7-12)22-19(25)11-1-2-11/h3-8,10-11,24H,1-2,9H2,(H,22,25). The van der Waals surface area contributed by atoms with Crippen LogP contribution in [-0.2, 0) is 11.4 Å². The molecule has 5 rings (SSSR count). The molecular formula is C19H16N4O3. The molecule has 0 radical (unpaired) electrons. The molecule has 1 saturated carbocycles. The topological polar surface area (TPSA) is 92.7 Å². The third kappa shape index (κ3) is 2.44. The molecule has 2 N–H and O–H groups in total. The number of nitrogens with zero attached hydrogens (tertiary/aromatic N) is 3. The van der Waals surface area contributed by atoms with Gasteiger partial charge < -0.3 is 19.2 Å². The van der Waals surface area contributed by atoms with Gasteiger partial charge >= 0.3 is 0 Å². The molecule has 3 aromatic heterocycles. The fraction of sp³-hybridized carbons (Fsp3) is 0.211. The highest BCUT2D eigenvalue weighted by Gasteiger charge is 2.30. The average molecular weight is 348 g/mol. The van der Waals surface area contributed by atoms with E-state index < -0.39 is 0 Å². The monoisotopic (exact) mass is 348 g/mol. The van der Waals surface area contributed by atoms with Crippen molar-refractivity contribution in [2.75, 3.05) is 5.32 Å². The van der Waals surface area contributed by atoms with Crippen LogP contribution in [-0.4, -0.2) is 25.4 Å². The van der Waals surface area contributed by atoms with Crippen LogP contribution in [0, 0.1) is 5.92 Å². The smallest absolute Gasteiger partial charge is 0.228 e. The third-order valence-electron chi connectivity index (χ3n) is 4.70. The number of hydrogen-bond donors (Lipinski definition) is 2. The second-order valence-electron chi connectivity index (χ2n) is 6.53. The Hall–Kier alpha value is -3.19. The predicted octanol–water partition coefficient (Wildman–Crippen LogP) is 2.98. The summed E-state index contributed by atoms with van der Waals surface area (Å²) in [6.45, 7) is -0.0944. The number of amides is 1. The summed E-state index contributed by atoms with van der Waals surface area (Å²) in [6.07, 6.45) is 7.01. The molecule has 1 aliphatic rings. The van der Waals surface area contributed by atoms with Crippen molar-refractivity contribution >= 4 is 28.5 Å². The van der Waals surface area contributed by atoms with E-state index in [-0.39, 0.29) is 18.4 Å². The van der Waals surface area contributed by atoms with Crippen LogP contribution < -0.4 is 5.32 Å². The number of carbonyl (C=O) groups is 1. The maximum Gasteiger partial charge on any atom is 0.228 e. The van der Waals surface area contributed by atoms with E-state index in [4.69, 9.17) is 4.42 Å². The second-order valence-corrected chi connectivity index (χ2v) is 6.53. The number of nitrogens with one attached hydrogen (secondary N) is 1. The van der Waals surface area contributed by atoms with E-state index in [2.05, 4.69) is 15.3 Å². The van der Waals surface area contributed by atoms with E-state index in [1.807, 2.05) is 28.8 Å². The minimum Gasteiger partial charge on any atom is -0.443 e. The number of benzene rings is 1. The summed E-state index contributed by atoms with van der Waals surface area (Å²) in [5.74, 6) is 0.705. The van der Waals surface area contributed by atoms with E-state index in [9.17, 15) is 9.90 Å². The van der Waals surface area contributed by atoms with Gasteiger partial charge in [-0.05, 0) is 36.6 Å². The lowest BCUT2D eigenvalue weighted by Gasteiger charge is -2.08. The first-order chi connectivity index (χ1) is 12.7. The van der Waals surface area contributed by atoms with Gasteiger partial charge in [0.15, 0.2) is 17.8 Å². The number of hydrogen-bond acceptors (Lipinski definition) is 5. The zero-order valence-electron chi connectivity index (χ0n) is 13.8. The fourth-order valence-corrected chi connectivity index (χ4v) is 3.20. The number of carbonyl (C=O) groups excluding carboxylic acids is 1. The van der Waals surface area contributed by atoms with Crippen molar-refractivity contribution in [3.05, 3.63) is 48.6 Å². The Balaban J connectivity index is 1.59. The number of aliphatic hydroxyl groups excluding tert-OH is 1. The molecule has 7 heteroatoms. The highest BCUT2D eigenvalue weighted by molar-refractivity contribution is 5.94. The van der Waals surface area contributed by atoms with Crippen molar-refractivity contribution in [3.63, 3.8) is 0 Å². The molecular weight excluding hydrogens is 332 g/mol. The van der Waals surface area contributed by atoms with Gasteiger partial charge in [0, 0.05) is 23.2 Å². The molecule has 0 saturated heterocycles. The Labute approximate surface area is 148 Å². The number of pyridine rings is 1. The maximum absolute atomic E-state index is 11.9. The number of oxazole rings is 1. The Morgan fingerprint density at radius 3 is 2.96 bits per heavy atom. The summed E-state index contributed by atoms with van der Waals surface area (Å²) in [5, 5.41) is 12.6. The van der Waals surface area contributed by atoms with Gasteiger partial charge in [0.1, 0.15) is 11.2 Å². The van der Waals surface area contributed by atoms with Crippen LogP contribution in [0.5, 0.6) is 0 Å². The SMILES string of the molecule is O=C(Nc1cn2cc(-c3c(CO)ccc4ocnc34)ccc2n1)C1CC1. The summed E-state index contributed by atoms with van der Waals surface area (Å²) >= 11 is 0. The van der Waals surface area contributed by atoms with E-state index >= 15 is 0 Å². The van der Waals surface area contributed by atoms with Gasteiger partial charge in [-0.25, -0.2) is 9.97 Å². The first-order valence-corrected chi connectivity index (χ1v) is 8.49. The van der Waals surface area contributed by atoms with Crippen molar-refractivity contribution in [2.45, 2.75) is 19.4 Å². The fourth-order valence-electron chi connectivity index (χ4n) is 3.20. The molecule has 4 aromatic rings. The molecule has 1 aliphatic carbocycles. The average Bonchev–Trinajstić information content (AvgIpc) is 3.26. The van der Waals surface area contributed by atoms with Crippen molar-refractivity contribution in [3.8, 4) is 11.1 Å². The van der Waals surface area contributed by atoms with E-state index in [0.29, 0.717) is 16.9 Å². The largest absolute Gasteiger partial charge is 0.443 e. The maximum atomic E-state index is 11.9. The number of aromatic nitrogens is 3. The highest BCUT2D eigenvalue weighted by Crippen LogP contribution is 2.32. The molecule has 130 valence electrons. The summed E-state index contributed by atoms with van der Waals surface area (Å²) in [7, 11) is 0. The van der Waals surface area contributed by atoms with Crippen LogP contribution in [0.25, 0.3) is 27.9 Å². The quantitative estimate of drug-likeness (QED) is 0.591. The molecule has 7 nitrogen and oxygen atoms in total. The number of anilines is 1. The van der Waals surface area contributed by atoms with Crippen molar-refractivity contribution in [2.24, 2.45) is 5.92 Å².